The summed E-state index contributed by atoms with van der Waals surface area (Å²) in [7, 11) is 0. The van der Waals surface area contributed by atoms with E-state index in [1.807, 2.05) is 6.07 Å². The molecule has 0 aliphatic rings. The van der Waals surface area contributed by atoms with Gasteiger partial charge in [-0.15, -0.1) is 0 Å². The SMILES string of the molecule is N#Cc1ccc(CS(=O)O)cn1. The Bertz CT molecular complexity index is 328. The summed E-state index contributed by atoms with van der Waals surface area (Å²) in [5.41, 5.74) is 0.956. The molecule has 1 aromatic rings. The highest BCUT2D eigenvalue weighted by atomic mass is 32.2. The van der Waals surface area contributed by atoms with Crippen molar-refractivity contribution in [3.8, 4) is 6.07 Å². The van der Waals surface area contributed by atoms with Crippen LogP contribution in [0.5, 0.6) is 0 Å². The molecule has 0 aromatic carbocycles. The zero-order valence-electron chi connectivity index (χ0n) is 6.10. The molecule has 0 bridgehead atoms. The Morgan fingerprint density at radius 2 is 2.42 bits per heavy atom. The van der Waals surface area contributed by atoms with E-state index in [4.69, 9.17) is 9.81 Å². The first kappa shape index (κ1) is 8.84. The lowest BCUT2D eigenvalue weighted by molar-refractivity contribution is 0.563. The van der Waals surface area contributed by atoms with Gasteiger partial charge in [-0.2, -0.15) is 5.26 Å². The Balaban J connectivity index is 2.80. The summed E-state index contributed by atoms with van der Waals surface area (Å²) < 4.78 is 18.9. The summed E-state index contributed by atoms with van der Waals surface area (Å²) in [6.45, 7) is 0. The fourth-order valence-electron chi connectivity index (χ4n) is 0.719. The smallest absolute Gasteiger partial charge is 0.157 e. The first-order valence-corrected chi connectivity index (χ1v) is 4.42. The van der Waals surface area contributed by atoms with Crippen LogP contribution in [0.3, 0.4) is 0 Å². The van der Waals surface area contributed by atoms with Gasteiger partial charge in [0.25, 0.3) is 0 Å². The van der Waals surface area contributed by atoms with Crippen LogP contribution in [0.1, 0.15) is 11.3 Å². The van der Waals surface area contributed by atoms with Crippen molar-refractivity contribution in [2.45, 2.75) is 5.75 Å². The van der Waals surface area contributed by atoms with E-state index in [1.165, 1.54) is 12.3 Å². The Hall–Kier alpha value is -1.25. The van der Waals surface area contributed by atoms with Gasteiger partial charge in [0.2, 0.25) is 0 Å². The molecule has 1 rings (SSSR count). The van der Waals surface area contributed by atoms with Gasteiger partial charge in [0, 0.05) is 6.20 Å². The maximum atomic E-state index is 10.3. The number of hydrogen-bond donors (Lipinski definition) is 1. The summed E-state index contributed by atoms with van der Waals surface area (Å²) in [6, 6.07) is 4.98. The quantitative estimate of drug-likeness (QED) is 0.682. The molecule has 0 amide bonds. The monoisotopic (exact) mass is 182 g/mol. The molecule has 0 fully saturated rings. The topological polar surface area (TPSA) is 74.0 Å². The van der Waals surface area contributed by atoms with Crippen molar-refractivity contribution in [3.63, 3.8) is 0 Å². The third-order valence-corrected chi connectivity index (χ3v) is 1.81. The summed E-state index contributed by atoms with van der Waals surface area (Å²) in [5.74, 6) is 0.0543. The van der Waals surface area contributed by atoms with Gasteiger partial charge >= 0.3 is 0 Å². The van der Waals surface area contributed by atoms with Gasteiger partial charge in [-0.1, -0.05) is 6.07 Å². The Morgan fingerprint density at radius 1 is 1.67 bits per heavy atom. The number of nitrogens with zero attached hydrogens (tertiary/aromatic N) is 2. The van der Waals surface area contributed by atoms with E-state index in [2.05, 4.69) is 4.98 Å². The average molecular weight is 182 g/mol. The largest absolute Gasteiger partial charge is 0.306 e. The van der Waals surface area contributed by atoms with Crippen LogP contribution in [0.25, 0.3) is 0 Å². The van der Waals surface area contributed by atoms with Crippen LogP contribution >= 0.6 is 0 Å². The van der Waals surface area contributed by atoms with Gasteiger partial charge in [-0.25, -0.2) is 9.19 Å². The van der Waals surface area contributed by atoms with E-state index in [9.17, 15) is 4.21 Å². The molecule has 1 heterocycles. The van der Waals surface area contributed by atoms with Crippen LogP contribution in [0.4, 0.5) is 0 Å². The standard InChI is InChI=1S/C7H6N2O2S/c8-3-7-2-1-6(4-9-7)5-12(10)11/h1-2,4H,5H2,(H,10,11). The maximum absolute atomic E-state index is 10.3. The zero-order valence-corrected chi connectivity index (χ0v) is 6.91. The lowest BCUT2D eigenvalue weighted by atomic mass is 10.3. The van der Waals surface area contributed by atoms with Crippen molar-refractivity contribution in [2.75, 3.05) is 0 Å². The maximum Gasteiger partial charge on any atom is 0.157 e. The van der Waals surface area contributed by atoms with Crippen molar-refractivity contribution in [1.82, 2.24) is 4.98 Å². The summed E-state index contributed by atoms with van der Waals surface area (Å²) in [4.78, 5) is 3.74. The molecule has 4 nitrogen and oxygen atoms in total. The number of hydrogen-bond acceptors (Lipinski definition) is 3. The van der Waals surface area contributed by atoms with Gasteiger partial charge in [0.15, 0.2) is 11.1 Å². The highest BCUT2D eigenvalue weighted by Crippen LogP contribution is 2.01. The van der Waals surface area contributed by atoms with E-state index in [0.717, 1.165) is 0 Å². The van der Waals surface area contributed by atoms with E-state index < -0.39 is 11.1 Å². The van der Waals surface area contributed by atoms with Crippen LogP contribution in [-0.4, -0.2) is 13.7 Å². The minimum absolute atomic E-state index is 0.0543. The van der Waals surface area contributed by atoms with Crippen LogP contribution in [0.2, 0.25) is 0 Å². The van der Waals surface area contributed by atoms with Crippen molar-refractivity contribution in [1.29, 1.82) is 5.26 Å². The second kappa shape index (κ2) is 3.95. The van der Waals surface area contributed by atoms with Crippen molar-refractivity contribution in [3.05, 3.63) is 29.6 Å². The highest BCUT2D eigenvalue weighted by molar-refractivity contribution is 7.78. The molecule has 1 unspecified atom stereocenters. The molecule has 0 saturated carbocycles. The number of rotatable bonds is 2. The predicted molar refractivity (Wildman–Crippen MR) is 43.4 cm³/mol. The van der Waals surface area contributed by atoms with Crippen LogP contribution in [0, 0.1) is 11.3 Å². The molecule has 0 aliphatic carbocycles. The molecule has 1 N–H and O–H groups in total. The normalized spacial score (nSPS) is 12.0. The molecular weight excluding hydrogens is 176 g/mol. The van der Waals surface area contributed by atoms with Gasteiger partial charge in [-0.3, -0.25) is 0 Å². The fourth-order valence-corrected chi connectivity index (χ4v) is 1.17. The number of aromatic nitrogens is 1. The lowest BCUT2D eigenvalue weighted by Crippen LogP contribution is -1.94. The van der Waals surface area contributed by atoms with E-state index in [0.29, 0.717) is 11.3 Å². The van der Waals surface area contributed by atoms with Crippen molar-refractivity contribution < 1.29 is 8.76 Å². The average Bonchev–Trinajstić information content (AvgIpc) is 2.05. The molecule has 12 heavy (non-hydrogen) atoms. The Labute approximate surface area is 72.2 Å². The second-order valence-electron chi connectivity index (χ2n) is 2.13. The summed E-state index contributed by atoms with van der Waals surface area (Å²) in [6.07, 6.45) is 1.42. The van der Waals surface area contributed by atoms with E-state index >= 15 is 0 Å². The molecule has 0 saturated heterocycles. The minimum Gasteiger partial charge on any atom is -0.306 e. The van der Waals surface area contributed by atoms with Gasteiger partial charge in [-0.05, 0) is 11.6 Å². The zero-order chi connectivity index (χ0) is 8.97. The molecule has 1 atom stereocenters. The lowest BCUT2D eigenvalue weighted by Gasteiger charge is -1.94. The summed E-state index contributed by atoms with van der Waals surface area (Å²) >= 11 is -1.85. The molecular formula is C7H6N2O2S. The molecule has 5 heteroatoms. The van der Waals surface area contributed by atoms with E-state index in [1.54, 1.807) is 6.07 Å². The Kier molecular flexibility index (Phi) is 2.91. The number of nitriles is 1. The highest BCUT2D eigenvalue weighted by Gasteiger charge is 1.98. The third-order valence-electron chi connectivity index (χ3n) is 1.23. The van der Waals surface area contributed by atoms with Crippen LogP contribution < -0.4 is 0 Å². The molecule has 0 aliphatic heterocycles. The van der Waals surface area contributed by atoms with Gasteiger partial charge < -0.3 is 4.55 Å². The predicted octanol–water partition coefficient (Wildman–Crippen LogP) is 0.675. The third kappa shape index (κ3) is 2.42. The minimum atomic E-state index is -1.85. The second-order valence-corrected chi connectivity index (χ2v) is 3.06. The first-order valence-electron chi connectivity index (χ1n) is 3.15. The number of pyridine rings is 1. The van der Waals surface area contributed by atoms with Crippen molar-refractivity contribution >= 4 is 11.1 Å². The van der Waals surface area contributed by atoms with E-state index in [-0.39, 0.29) is 5.75 Å². The van der Waals surface area contributed by atoms with Crippen LogP contribution in [-0.2, 0) is 16.8 Å². The van der Waals surface area contributed by atoms with Gasteiger partial charge in [0.05, 0.1) is 5.75 Å². The fraction of sp³-hybridized carbons (Fsp3) is 0.143. The summed E-state index contributed by atoms with van der Waals surface area (Å²) in [5, 5.41) is 8.39. The van der Waals surface area contributed by atoms with Crippen molar-refractivity contribution in [2.24, 2.45) is 0 Å². The Morgan fingerprint density at radius 3 is 2.83 bits per heavy atom. The van der Waals surface area contributed by atoms with Crippen LogP contribution in [0.15, 0.2) is 18.3 Å². The van der Waals surface area contributed by atoms with Gasteiger partial charge in [0.1, 0.15) is 11.8 Å². The molecule has 1 aromatic heterocycles. The molecule has 62 valence electrons. The molecule has 0 spiro atoms. The molecule has 0 radical (unpaired) electrons. The first-order chi connectivity index (χ1) is 5.72.